The molecule has 2 aromatic rings. The fourth-order valence-corrected chi connectivity index (χ4v) is 4.14. The van der Waals surface area contributed by atoms with Crippen molar-refractivity contribution in [3.05, 3.63) is 41.6 Å². The topological polar surface area (TPSA) is 89.2 Å². The van der Waals surface area contributed by atoms with Crippen LogP contribution in [0, 0.1) is 5.92 Å². The first-order valence-electron chi connectivity index (χ1n) is 7.76. The molecule has 0 spiro atoms. The van der Waals surface area contributed by atoms with Crippen LogP contribution in [0.25, 0.3) is 11.4 Å². The van der Waals surface area contributed by atoms with E-state index >= 15 is 0 Å². The summed E-state index contributed by atoms with van der Waals surface area (Å²) in [6, 6.07) is 9.32. The lowest BCUT2D eigenvalue weighted by Crippen LogP contribution is -2.37. The largest absolute Gasteiger partial charge is 0.357 e. The SMILES string of the molecule is NS(=O)(=O)CC1CCN(c2ccc(Cl)c(-c3ccccn3)n2)CC1. The molecule has 6 nitrogen and oxygen atoms in total. The fourth-order valence-electron chi connectivity index (χ4n) is 2.95. The third-order valence-electron chi connectivity index (χ3n) is 4.15. The lowest BCUT2D eigenvalue weighted by molar-refractivity contribution is 0.434. The molecule has 0 bridgehead atoms. The minimum absolute atomic E-state index is 0.0497. The molecule has 3 rings (SSSR count). The van der Waals surface area contributed by atoms with Crippen molar-refractivity contribution < 1.29 is 8.42 Å². The summed E-state index contributed by atoms with van der Waals surface area (Å²) in [4.78, 5) is 11.1. The number of rotatable bonds is 4. The van der Waals surface area contributed by atoms with Crippen molar-refractivity contribution in [1.29, 1.82) is 0 Å². The minimum Gasteiger partial charge on any atom is -0.357 e. The maximum absolute atomic E-state index is 11.2. The lowest BCUT2D eigenvalue weighted by Gasteiger charge is -2.32. The van der Waals surface area contributed by atoms with Gasteiger partial charge in [0.25, 0.3) is 0 Å². The highest BCUT2D eigenvalue weighted by atomic mass is 35.5. The molecule has 1 saturated heterocycles. The summed E-state index contributed by atoms with van der Waals surface area (Å²) in [5.74, 6) is 0.988. The van der Waals surface area contributed by atoms with E-state index in [4.69, 9.17) is 16.7 Å². The first-order chi connectivity index (χ1) is 11.4. The summed E-state index contributed by atoms with van der Waals surface area (Å²) in [5.41, 5.74) is 1.38. The van der Waals surface area contributed by atoms with Crippen LogP contribution >= 0.6 is 11.6 Å². The number of nitrogens with zero attached hydrogens (tertiary/aromatic N) is 3. The summed E-state index contributed by atoms with van der Waals surface area (Å²) < 4.78 is 22.4. The Hall–Kier alpha value is -1.70. The monoisotopic (exact) mass is 366 g/mol. The molecule has 0 aromatic carbocycles. The van der Waals surface area contributed by atoms with Gasteiger partial charge in [0, 0.05) is 19.3 Å². The van der Waals surface area contributed by atoms with Crippen molar-refractivity contribution in [1.82, 2.24) is 9.97 Å². The van der Waals surface area contributed by atoms with Gasteiger partial charge in [-0.2, -0.15) is 0 Å². The second-order valence-corrected chi connectivity index (χ2v) is 8.04. The number of anilines is 1. The Bertz CT molecular complexity index is 806. The molecule has 128 valence electrons. The Morgan fingerprint density at radius 2 is 1.96 bits per heavy atom. The molecular weight excluding hydrogens is 348 g/mol. The van der Waals surface area contributed by atoms with E-state index in [1.165, 1.54) is 0 Å². The number of piperidine rings is 1. The summed E-state index contributed by atoms with van der Waals surface area (Å²) in [7, 11) is -3.41. The van der Waals surface area contributed by atoms with E-state index in [2.05, 4.69) is 14.9 Å². The Labute approximate surface area is 146 Å². The molecular formula is C16H19ClN4O2S. The summed E-state index contributed by atoms with van der Waals surface area (Å²) >= 11 is 6.26. The van der Waals surface area contributed by atoms with Gasteiger partial charge in [-0.05, 0) is 43.0 Å². The van der Waals surface area contributed by atoms with Crippen molar-refractivity contribution >= 4 is 27.4 Å². The number of hydrogen-bond donors (Lipinski definition) is 1. The van der Waals surface area contributed by atoms with Crippen LogP contribution < -0.4 is 10.0 Å². The summed E-state index contributed by atoms with van der Waals surface area (Å²) in [6.07, 6.45) is 3.26. The van der Waals surface area contributed by atoms with Crippen LogP contribution in [0.5, 0.6) is 0 Å². The van der Waals surface area contributed by atoms with E-state index in [1.54, 1.807) is 6.20 Å². The smallest absolute Gasteiger partial charge is 0.209 e. The third kappa shape index (κ3) is 4.23. The van der Waals surface area contributed by atoms with Crippen molar-refractivity contribution in [2.45, 2.75) is 12.8 Å². The Morgan fingerprint density at radius 1 is 1.21 bits per heavy atom. The van der Waals surface area contributed by atoms with Crippen LogP contribution in [0.1, 0.15) is 12.8 Å². The van der Waals surface area contributed by atoms with Gasteiger partial charge in [-0.1, -0.05) is 17.7 Å². The normalized spacial score (nSPS) is 16.3. The van der Waals surface area contributed by atoms with Crippen molar-refractivity contribution in [2.24, 2.45) is 11.1 Å². The van der Waals surface area contributed by atoms with Crippen molar-refractivity contribution in [3.8, 4) is 11.4 Å². The quantitative estimate of drug-likeness (QED) is 0.896. The second-order valence-electron chi connectivity index (χ2n) is 5.97. The zero-order valence-electron chi connectivity index (χ0n) is 13.1. The molecule has 0 amide bonds. The molecule has 0 saturated carbocycles. The first kappa shape index (κ1) is 17.1. The van der Waals surface area contributed by atoms with Crippen LogP contribution in [0.4, 0.5) is 5.82 Å². The lowest BCUT2D eigenvalue weighted by atomic mass is 9.99. The van der Waals surface area contributed by atoms with Crippen molar-refractivity contribution in [3.63, 3.8) is 0 Å². The van der Waals surface area contributed by atoms with E-state index in [9.17, 15) is 8.42 Å². The highest BCUT2D eigenvalue weighted by Gasteiger charge is 2.24. The maximum Gasteiger partial charge on any atom is 0.209 e. The Balaban J connectivity index is 1.75. The summed E-state index contributed by atoms with van der Waals surface area (Å²) in [6.45, 7) is 1.49. The van der Waals surface area contributed by atoms with E-state index in [0.717, 1.165) is 37.4 Å². The van der Waals surface area contributed by atoms with E-state index in [-0.39, 0.29) is 11.7 Å². The van der Waals surface area contributed by atoms with Gasteiger partial charge in [0.2, 0.25) is 10.0 Å². The van der Waals surface area contributed by atoms with Gasteiger partial charge in [-0.15, -0.1) is 0 Å². The molecule has 0 aliphatic carbocycles. The molecule has 0 radical (unpaired) electrons. The van der Waals surface area contributed by atoms with Gasteiger partial charge in [0.1, 0.15) is 11.5 Å². The van der Waals surface area contributed by atoms with Crippen LogP contribution in [-0.2, 0) is 10.0 Å². The molecule has 1 aliphatic rings. The predicted octanol–water partition coefficient (Wildman–Crippen LogP) is 2.30. The zero-order valence-corrected chi connectivity index (χ0v) is 14.7. The number of hydrogen-bond acceptors (Lipinski definition) is 5. The average molecular weight is 367 g/mol. The highest BCUT2D eigenvalue weighted by Crippen LogP contribution is 2.29. The van der Waals surface area contributed by atoms with Gasteiger partial charge in [-0.25, -0.2) is 18.5 Å². The molecule has 0 atom stereocenters. The first-order valence-corrected chi connectivity index (χ1v) is 9.85. The zero-order chi connectivity index (χ0) is 17.2. The standard InChI is InChI=1S/C16H19ClN4O2S/c17-13-4-5-15(20-16(13)14-3-1-2-8-19-14)21-9-6-12(7-10-21)11-24(18,22)23/h1-5,8,12H,6-7,9-11H2,(H2,18,22,23). The molecule has 2 N–H and O–H groups in total. The van der Waals surface area contributed by atoms with Gasteiger partial charge in [-0.3, -0.25) is 4.98 Å². The molecule has 2 aromatic heterocycles. The third-order valence-corrected chi connectivity index (χ3v) is 5.39. The van der Waals surface area contributed by atoms with Crippen LogP contribution in [-0.4, -0.2) is 37.2 Å². The van der Waals surface area contributed by atoms with E-state index in [0.29, 0.717) is 10.7 Å². The number of nitrogens with two attached hydrogens (primary N) is 1. The molecule has 0 unspecified atom stereocenters. The number of aromatic nitrogens is 2. The van der Waals surface area contributed by atoms with Gasteiger partial charge in [0.15, 0.2) is 0 Å². The van der Waals surface area contributed by atoms with Crippen molar-refractivity contribution in [2.75, 3.05) is 23.7 Å². The fraction of sp³-hybridized carbons (Fsp3) is 0.375. The van der Waals surface area contributed by atoms with Crippen LogP contribution in [0.2, 0.25) is 5.02 Å². The molecule has 24 heavy (non-hydrogen) atoms. The van der Waals surface area contributed by atoms with E-state index < -0.39 is 10.0 Å². The highest BCUT2D eigenvalue weighted by molar-refractivity contribution is 7.89. The Morgan fingerprint density at radius 3 is 2.58 bits per heavy atom. The number of halogens is 1. The minimum atomic E-state index is -3.41. The molecule has 3 heterocycles. The molecule has 8 heteroatoms. The van der Waals surface area contributed by atoms with Gasteiger partial charge >= 0.3 is 0 Å². The summed E-state index contributed by atoms with van der Waals surface area (Å²) in [5, 5.41) is 5.69. The Kier molecular flexibility index (Phi) is 5.03. The molecule has 1 fully saturated rings. The average Bonchev–Trinajstić information content (AvgIpc) is 2.55. The van der Waals surface area contributed by atoms with E-state index in [1.807, 2.05) is 30.3 Å². The second kappa shape index (κ2) is 7.04. The van der Waals surface area contributed by atoms with Gasteiger partial charge < -0.3 is 4.90 Å². The number of sulfonamides is 1. The number of pyridine rings is 2. The molecule has 1 aliphatic heterocycles. The van der Waals surface area contributed by atoms with Gasteiger partial charge in [0.05, 0.1) is 16.5 Å². The van der Waals surface area contributed by atoms with Crippen LogP contribution in [0.3, 0.4) is 0 Å². The number of primary sulfonamides is 1. The van der Waals surface area contributed by atoms with Crippen LogP contribution in [0.15, 0.2) is 36.5 Å². The maximum atomic E-state index is 11.2. The predicted molar refractivity (Wildman–Crippen MR) is 95.4 cm³/mol.